The van der Waals surface area contributed by atoms with Gasteiger partial charge in [0.25, 0.3) is 5.91 Å². The first-order valence-corrected chi connectivity index (χ1v) is 9.84. The number of halogens is 1. The van der Waals surface area contributed by atoms with E-state index in [4.69, 9.17) is 12.2 Å². The highest BCUT2D eigenvalue weighted by Crippen LogP contribution is 2.31. The second-order valence-corrected chi connectivity index (χ2v) is 7.88. The summed E-state index contributed by atoms with van der Waals surface area (Å²) in [7, 11) is 0. The van der Waals surface area contributed by atoms with Gasteiger partial charge in [-0.25, -0.2) is 0 Å². The van der Waals surface area contributed by atoms with E-state index in [0.29, 0.717) is 5.56 Å². The van der Waals surface area contributed by atoms with E-state index in [-0.39, 0.29) is 22.8 Å². The molecule has 27 heavy (non-hydrogen) atoms. The standard InChI is InChI=1S/C20H20BrN3O2S/c1-11-6-7-14(10-15(11)21)19(26)24-20(27)23-17-5-3-4-16(12(17)2)22-18(25)13-8-9-13/h3-7,10,13H,8-9H2,1-2H3,(H,22,25)(H2,23,24,26,27). The first-order valence-electron chi connectivity index (χ1n) is 8.64. The Morgan fingerprint density at radius 2 is 1.74 bits per heavy atom. The molecule has 3 N–H and O–H groups in total. The lowest BCUT2D eigenvalue weighted by molar-refractivity contribution is -0.117. The first-order chi connectivity index (χ1) is 12.8. The number of hydrogen-bond donors (Lipinski definition) is 3. The minimum absolute atomic E-state index is 0.0519. The molecule has 7 heteroatoms. The van der Waals surface area contributed by atoms with E-state index in [9.17, 15) is 9.59 Å². The summed E-state index contributed by atoms with van der Waals surface area (Å²) >= 11 is 8.69. The van der Waals surface area contributed by atoms with Crippen molar-refractivity contribution in [2.75, 3.05) is 10.6 Å². The van der Waals surface area contributed by atoms with Crippen molar-refractivity contribution < 1.29 is 9.59 Å². The zero-order valence-corrected chi connectivity index (χ0v) is 17.5. The fraction of sp³-hybridized carbons (Fsp3) is 0.250. The third kappa shape index (κ3) is 4.93. The highest BCUT2D eigenvalue weighted by atomic mass is 79.9. The Labute approximate surface area is 172 Å². The minimum Gasteiger partial charge on any atom is -0.332 e. The summed E-state index contributed by atoms with van der Waals surface area (Å²) < 4.78 is 0.865. The van der Waals surface area contributed by atoms with Gasteiger partial charge in [-0.1, -0.05) is 28.1 Å². The summed E-state index contributed by atoms with van der Waals surface area (Å²) in [4.78, 5) is 24.4. The molecule has 5 nitrogen and oxygen atoms in total. The summed E-state index contributed by atoms with van der Waals surface area (Å²) in [6, 6.07) is 10.9. The average Bonchev–Trinajstić information content (AvgIpc) is 3.46. The van der Waals surface area contributed by atoms with Crippen LogP contribution in [0.15, 0.2) is 40.9 Å². The van der Waals surface area contributed by atoms with Gasteiger partial charge in [-0.15, -0.1) is 0 Å². The Kier molecular flexibility index (Phi) is 5.92. The van der Waals surface area contributed by atoms with E-state index in [2.05, 4.69) is 31.9 Å². The lowest BCUT2D eigenvalue weighted by atomic mass is 10.1. The SMILES string of the molecule is Cc1ccc(C(=O)NC(=S)Nc2cccc(NC(=O)C3CC3)c2C)cc1Br. The van der Waals surface area contributed by atoms with Gasteiger partial charge in [0.2, 0.25) is 5.91 Å². The molecule has 1 fully saturated rings. The number of rotatable bonds is 4. The first kappa shape index (κ1) is 19.5. The third-order valence-corrected chi connectivity index (χ3v) is 5.51. The maximum absolute atomic E-state index is 12.4. The Hall–Kier alpha value is -2.25. The molecular weight excluding hydrogens is 426 g/mol. The zero-order valence-electron chi connectivity index (χ0n) is 15.1. The third-order valence-electron chi connectivity index (χ3n) is 4.45. The number of carbonyl (C=O) groups excluding carboxylic acids is 2. The molecule has 0 heterocycles. The van der Waals surface area contributed by atoms with Crippen LogP contribution in [0.25, 0.3) is 0 Å². The molecule has 3 rings (SSSR count). The fourth-order valence-corrected chi connectivity index (χ4v) is 3.13. The van der Waals surface area contributed by atoms with Crippen LogP contribution in [0.3, 0.4) is 0 Å². The normalized spacial score (nSPS) is 13.0. The van der Waals surface area contributed by atoms with Gasteiger partial charge in [0, 0.05) is 27.3 Å². The highest BCUT2D eigenvalue weighted by molar-refractivity contribution is 9.10. The van der Waals surface area contributed by atoms with Crippen LogP contribution in [0.5, 0.6) is 0 Å². The van der Waals surface area contributed by atoms with Crippen molar-refractivity contribution in [1.29, 1.82) is 0 Å². The predicted octanol–water partition coefficient (Wildman–Crippen LogP) is 4.54. The number of amides is 2. The Morgan fingerprint density at radius 3 is 2.37 bits per heavy atom. The van der Waals surface area contributed by atoms with Crippen molar-refractivity contribution in [3.63, 3.8) is 0 Å². The molecule has 0 aliphatic heterocycles. The number of anilines is 2. The molecule has 0 spiro atoms. The van der Waals surface area contributed by atoms with E-state index in [1.54, 1.807) is 12.1 Å². The van der Waals surface area contributed by atoms with Crippen LogP contribution in [0, 0.1) is 19.8 Å². The van der Waals surface area contributed by atoms with Gasteiger partial charge in [-0.2, -0.15) is 0 Å². The van der Waals surface area contributed by atoms with Crippen LogP contribution in [0.2, 0.25) is 0 Å². The van der Waals surface area contributed by atoms with Crippen LogP contribution < -0.4 is 16.0 Å². The van der Waals surface area contributed by atoms with E-state index in [1.165, 1.54) is 0 Å². The van der Waals surface area contributed by atoms with Gasteiger partial charge in [0.1, 0.15) is 0 Å². The molecule has 140 valence electrons. The van der Waals surface area contributed by atoms with Gasteiger partial charge in [0.15, 0.2) is 5.11 Å². The quantitative estimate of drug-likeness (QED) is 0.604. The van der Waals surface area contributed by atoms with Crippen molar-refractivity contribution in [1.82, 2.24) is 5.32 Å². The van der Waals surface area contributed by atoms with Crippen LogP contribution in [-0.2, 0) is 4.79 Å². The zero-order chi connectivity index (χ0) is 19.6. The number of nitrogens with one attached hydrogen (secondary N) is 3. The summed E-state index contributed by atoms with van der Waals surface area (Å²) in [6.07, 6.45) is 1.90. The molecule has 1 aliphatic rings. The van der Waals surface area contributed by atoms with Crippen LogP contribution >= 0.6 is 28.1 Å². The van der Waals surface area contributed by atoms with E-state index >= 15 is 0 Å². The lowest BCUT2D eigenvalue weighted by Gasteiger charge is -2.15. The van der Waals surface area contributed by atoms with E-state index in [0.717, 1.165) is 39.8 Å². The van der Waals surface area contributed by atoms with Crippen LogP contribution in [0.1, 0.15) is 34.3 Å². The summed E-state index contributed by atoms with van der Waals surface area (Å²) in [6.45, 7) is 3.85. The minimum atomic E-state index is -0.288. The molecule has 2 aromatic carbocycles. The molecule has 2 amide bonds. The molecule has 1 saturated carbocycles. The largest absolute Gasteiger partial charge is 0.332 e. The highest BCUT2D eigenvalue weighted by Gasteiger charge is 2.29. The van der Waals surface area contributed by atoms with Crippen molar-refractivity contribution in [3.05, 3.63) is 57.6 Å². The van der Waals surface area contributed by atoms with Gasteiger partial charge < -0.3 is 10.6 Å². The maximum atomic E-state index is 12.4. The van der Waals surface area contributed by atoms with E-state index < -0.39 is 0 Å². The smallest absolute Gasteiger partial charge is 0.257 e. The second-order valence-electron chi connectivity index (χ2n) is 6.61. The molecular formula is C20H20BrN3O2S. The van der Waals surface area contributed by atoms with Gasteiger partial charge in [0.05, 0.1) is 0 Å². The lowest BCUT2D eigenvalue weighted by Crippen LogP contribution is -2.34. The number of hydrogen-bond acceptors (Lipinski definition) is 3. The Balaban J connectivity index is 1.65. The van der Waals surface area contributed by atoms with Crippen LogP contribution in [-0.4, -0.2) is 16.9 Å². The maximum Gasteiger partial charge on any atom is 0.257 e. The van der Waals surface area contributed by atoms with Crippen molar-refractivity contribution >= 4 is 56.4 Å². The van der Waals surface area contributed by atoms with Crippen molar-refractivity contribution in [2.45, 2.75) is 26.7 Å². The van der Waals surface area contributed by atoms with Gasteiger partial charge in [-0.05, 0) is 74.3 Å². The molecule has 0 unspecified atom stereocenters. The molecule has 1 aliphatic carbocycles. The average molecular weight is 446 g/mol. The molecule has 2 aromatic rings. The Bertz CT molecular complexity index is 925. The van der Waals surface area contributed by atoms with Crippen LogP contribution in [0.4, 0.5) is 11.4 Å². The molecule has 0 atom stereocenters. The van der Waals surface area contributed by atoms with Crippen molar-refractivity contribution in [3.8, 4) is 0 Å². The molecule has 0 bridgehead atoms. The number of thiocarbonyl (C=S) groups is 1. The van der Waals surface area contributed by atoms with Gasteiger partial charge >= 0.3 is 0 Å². The monoisotopic (exact) mass is 445 g/mol. The molecule has 0 aromatic heterocycles. The number of aryl methyl sites for hydroxylation is 1. The summed E-state index contributed by atoms with van der Waals surface area (Å²) in [5.41, 5.74) is 3.90. The van der Waals surface area contributed by atoms with Crippen molar-refractivity contribution in [2.24, 2.45) is 5.92 Å². The fourth-order valence-electron chi connectivity index (χ4n) is 2.55. The Morgan fingerprint density at radius 1 is 1.07 bits per heavy atom. The van der Waals surface area contributed by atoms with Gasteiger partial charge in [-0.3, -0.25) is 14.9 Å². The number of benzene rings is 2. The molecule has 0 radical (unpaired) electrons. The predicted molar refractivity (Wildman–Crippen MR) is 115 cm³/mol. The summed E-state index contributed by atoms with van der Waals surface area (Å²) in [5, 5.41) is 8.86. The summed E-state index contributed by atoms with van der Waals surface area (Å²) in [5.74, 6) is -0.102. The number of carbonyl (C=O) groups is 2. The topological polar surface area (TPSA) is 70.2 Å². The van der Waals surface area contributed by atoms with E-state index in [1.807, 2.05) is 38.1 Å². The second kappa shape index (κ2) is 8.19. The molecule has 0 saturated heterocycles.